The van der Waals surface area contributed by atoms with E-state index in [0.717, 1.165) is 34.2 Å². The Morgan fingerprint density at radius 1 is 0.667 bits per heavy atom. The quantitative estimate of drug-likeness (QED) is 0.181. The molecule has 1 N–H and O–H groups in total. The molecule has 0 spiro atoms. The number of nitrogens with zero attached hydrogens (tertiary/aromatic N) is 2. The third-order valence-electron chi connectivity index (χ3n) is 7.78. The van der Waals surface area contributed by atoms with E-state index in [2.05, 4.69) is 41.0 Å². The number of carbonyl (C=O) groups is 1. The van der Waals surface area contributed by atoms with Crippen LogP contribution in [0, 0.1) is 0 Å². The fourth-order valence-electron chi connectivity index (χ4n) is 5.72. The zero-order valence-electron chi connectivity index (χ0n) is 22.3. The Morgan fingerprint density at radius 3 is 2.05 bits per heavy atom. The minimum Gasteiger partial charge on any atom is -0.316 e. The summed E-state index contributed by atoms with van der Waals surface area (Å²) in [6.07, 6.45) is 15.9. The van der Waals surface area contributed by atoms with E-state index < -0.39 is 0 Å². The van der Waals surface area contributed by atoms with E-state index in [-0.39, 0.29) is 11.3 Å². The minimum absolute atomic E-state index is 0.0140. The van der Waals surface area contributed by atoms with Gasteiger partial charge in [0.15, 0.2) is 30.6 Å². The average Bonchev–Trinajstić information content (AvgIpc) is 2.98. The van der Waals surface area contributed by atoms with Crippen molar-refractivity contribution in [2.75, 3.05) is 0 Å². The number of hydrogen-bond acceptors (Lipinski definition) is 2. The van der Waals surface area contributed by atoms with E-state index in [1.54, 1.807) is 0 Å². The Balaban J connectivity index is 1.31. The molecule has 3 heterocycles. The summed E-state index contributed by atoms with van der Waals surface area (Å²) in [6, 6.07) is 21.5. The van der Waals surface area contributed by atoms with Crippen LogP contribution in [-0.2, 0) is 6.54 Å². The monoisotopic (exact) mass is 515 g/mol. The number of rotatable bonds is 9. The van der Waals surface area contributed by atoms with Gasteiger partial charge in [-0.05, 0) is 23.6 Å². The maximum atomic E-state index is 13.4. The number of benzene rings is 2. The number of carbonyl (C=O) groups excluding carboxylic acids is 1. The minimum atomic E-state index is -0.188. The first-order valence-corrected chi connectivity index (χ1v) is 14.0. The van der Waals surface area contributed by atoms with E-state index in [4.69, 9.17) is 0 Å². The molecular weight excluding hydrogens is 482 g/mol. The van der Waals surface area contributed by atoms with Crippen LogP contribution >= 0.6 is 0 Å². The molecule has 3 aromatic heterocycles. The molecular formula is C34H33N3O2+2. The van der Waals surface area contributed by atoms with Crippen molar-refractivity contribution in [1.29, 1.82) is 0 Å². The maximum Gasteiger partial charge on any atom is 0.321 e. The predicted octanol–water partition coefficient (Wildman–Crippen LogP) is 6.33. The Hall–Kier alpha value is -4.38. The van der Waals surface area contributed by atoms with Crippen LogP contribution in [0.4, 0.5) is 0 Å². The van der Waals surface area contributed by atoms with E-state index in [9.17, 15) is 9.59 Å². The highest BCUT2D eigenvalue weighted by atomic mass is 16.1. The van der Waals surface area contributed by atoms with Crippen molar-refractivity contribution in [1.82, 2.24) is 4.98 Å². The first-order chi connectivity index (χ1) is 19.2. The Labute approximate surface area is 228 Å². The predicted molar refractivity (Wildman–Crippen MR) is 154 cm³/mol. The van der Waals surface area contributed by atoms with Gasteiger partial charge in [-0.25, -0.2) is 4.57 Å². The highest BCUT2D eigenvalue weighted by Crippen LogP contribution is 2.39. The van der Waals surface area contributed by atoms with Crippen LogP contribution in [0.2, 0.25) is 0 Å². The van der Waals surface area contributed by atoms with Crippen LogP contribution in [0.1, 0.15) is 61.4 Å². The normalized spacial score (nSPS) is 12.1. The lowest BCUT2D eigenvalue weighted by atomic mass is 9.83. The highest BCUT2D eigenvalue weighted by Gasteiger charge is 2.32. The van der Waals surface area contributed by atoms with Gasteiger partial charge in [-0.3, -0.25) is 9.59 Å². The lowest BCUT2D eigenvalue weighted by Gasteiger charge is -2.19. The molecule has 0 amide bonds. The summed E-state index contributed by atoms with van der Waals surface area (Å²) in [7, 11) is 0. The van der Waals surface area contributed by atoms with Crippen molar-refractivity contribution >= 4 is 16.7 Å². The molecule has 194 valence electrons. The lowest BCUT2D eigenvalue weighted by molar-refractivity contribution is -0.697. The van der Waals surface area contributed by atoms with Crippen LogP contribution in [0.3, 0.4) is 0 Å². The molecule has 39 heavy (non-hydrogen) atoms. The van der Waals surface area contributed by atoms with Crippen LogP contribution < -0.4 is 14.7 Å². The molecule has 5 aromatic rings. The van der Waals surface area contributed by atoms with E-state index in [1.165, 1.54) is 38.5 Å². The SMILES string of the molecule is CCCCCCCC[n+]1ccc(-c2cc[n+](-c3c4c5c(cccc5[nH]c3=O)C(=O)c3ccccc3-4)cc2)cc1. The molecule has 0 aliphatic heterocycles. The number of ketones is 1. The number of unbranched alkanes of at least 4 members (excludes halogenated alkanes) is 5. The summed E-state index contributed by atoms with van der Waals surface area (Å²) < 4.78 is 4.12. The van der Waals surface area contributed by atoms with Gasteiger partial charge in [0.25, 0.3) is 5.69 Å². The summed E-state index contributed by atoms with van der Waals surface area (Å²) in [6.45, 7) is 3.29. The van der Waals surface area contributed by atoms with Crippen LogP contribution in [-0.4, -0.2) is 10.8 Å². The van der Waals surface area contributed by atoms with Gasteiger partial charge in [-0.1, -0.05) is 69.0 Å². The van der Waals surface area contributed by atoms with Crippen LogP contribution in [0.15, 0.2) is 96.3 Å². The second-order valence-electron chi connectivity index (χ2n) is 10.4. The first-order valence-electron chi connectivity index (χ1n) is 14.0. The van der Waals surface area contributed by atoms with Crippen LogP contribution in [0.5, 0.6) is 0 Å². The fourth-order valence-corrected chi connectivity index (χ4v) is 5.72. The van der Waals surface area contributed by atoms with E-state index in [0.29, 0.717) is 22.3 Å². The Kier molecular flexibility index (Phi) is 6.89. The molecule has 0 unspecified atom stereocenters. The Morgan fingerprint density at radius 2 is 1.31 bits per heavy atom. The van der Waals surface area contributed by atoms with Gasteiger partial charge in [0, 0.05) is 52.8 Å². The Bertz CT molecular complexity index is 1720. The van der Waals surface area contributed by atoms with Crippen molar-refractivity contribution in [3.05, 3.63) is 113 Å². The maximum absolute atomic E-state index is 13.4. The number of hydrogen-bond donors (Lipinski definition) is 1. The average molecular weight is 516 g/mol. The molecule has 0 radical (unpaired) electrons. The van der Waals surface area contributed by atoms with Crippen molar-refractivity contribution in [2.24, 2.45) is 0 Å². The third kappa shape index (κ3) is 4.69. The largest absolute Gasteiger partial charge is 0.321 e. The second-order valence-corrected chi connectivity index (χ2v) is 10.4. The second kappa shape index (κ2) is 10.8. The van der Waals surface area contributed by atoms with Crippen LogP contribution in [0.25, 0.3) is 38.8 Å². The number of H-pyrrole nitrogens is 1. The zero-order valence-corrected chi connectivity index (χ0v) is 22.3. The molecule has 2 aromatic carbocycles. The summed E-state index contributed by atoms with van der Waals surface area (Å²) in [5.41, 5.74) is 6.06. The number of pyridine rings is 3. The van der Waals surface area contributed by atoms with Crippen molar-refractivity contribution in [3.8, 4) is 27.9 Å². The summed E-state index contributed by atoms with van der Waals surface area (Å²) in [5.74, 6) is -0.0140. The first kappa shape index (κ1) is 24.9. The summed E-state index contributed by atoms with van der Waals surface area (Å²) in [5, 5.41) is 0.797. The third-order valence-corrected chi connectivity index (χ3v) is 7.78. The van der Waals surface area contributed by atoms with Gasteiger partial charge in [-0.2, -0.15) is 4.57 Å². The molecule has 0 bridgehead atoms. The van der Waals surface area contributed by atoms with E-state index >= 15 is 0 Å². The topological polar surface area (TPSA) is 57.7 Å². The van der Waals surface area contributed by atoms with Gasteiger partial charge < -0.3 is 4.98 Å². The molecule has 0 saturated carbocycles. The molecule has 1 aliphatic carbocycles. The number of aryl methyl sites for hydroxylation is 1. The highest BCUT2D eigenvalue weighted by molar-refractivity contribution is 6.26. The molecule has 0 saturated heterocycles. The van der Waals surface area contributed by atoms with Crippen molar-refractivity contribution in [2.45, 2.75) is 52.0 Å². The number of fused-ring (bicyclic) bond motifs is 2. The molecule has 5 nitrogen and oxygen atoms in total. The van der Waals surface area contributed by atoms with E-state index in [1.807, 2.05) is 71.6 Å². The molecule has 0 atom stereocenters. The molecule has 0 fully saturated rings. The van der Waals surface area contributed by atoms with Gasteiger partial charge >= 0.3 is 5.56 Å². The lowest BCUT2D eigenvalue weighted by Crippen LogP contribution is -2.38. The molecule has 5 heteroatoms. The number of nitrogens with one attached hydrogen (secondary N) is 1. The summed E-state index contributed by atoms with van der Waals surface area (Å²) in [4.78, 5) is 29.7. The van der Waals surface area contributed by atoms with Crippen molar-refractivity contribution in [3.63, 3.8) is 0 Å². The van der Waals surface area contributed by atoms with Gasteiger partial charge in [0.2, 0.25) is 0 Å². The van der Waals surface area contributed by atoms with Gasteiger partial charge in [0.05, 0.1) is 11.1 Å². The molecule has 1 aliphatic rings. The number of aromatic amines is 1. The van der Waals surface area contributed by atoms with Gasteiger partial charge in [-0.15, -0.1) is 0 Å². The zero-order chi connectivity index (χ0) is 26.8. The smallest absolute Gasteiger partial charge is 0.316 e. The summed E-state index contributed by atoms with van der Waals surface area (Å²) >= 11 is 0. The molecule has 6 rings (SSSR count). The van der Waals surface area contributed by atoms with Crippen molar-refractivity contribution < 1.29 is 13.9 Å². The van der Waals surface area contributed by atoms with Gasteiger partial charge in [0.1, 0.15) is 6.54 Å². The standard InChI is InChI=1S/C34H32N3O2/c1-2-3-4-5-6-9-19-36-20-15-24(16-21-36)25-17-22-37(23-18-25)32-31-26-11-7-8-12-27(26)33(38)28-13-10-14-29(30(28)31)35-34(32)39/h7-8,10-18,20-23H,2-6,9,19H2,1H3/q+1/p+1. The fraction of sp³-hybridized carbons (Fsp3) is 0.235. The number of aromatic nitrogens is 3.